The van der Waals surface area contributed by atoms with Crippen molar-refractivity contribution in [2.75, 3.05) is 0 Å². The quantitative estimate of drug-likeness (QED) is 0.0446. The molecular weight excluding hydrogens is 520 g/mol. The summed E-state index contributed by atoms with van der Waals surface area (Å²) >= 11 is 0. The lowest BCUT2D eigenvalue weighted by molar-refractivity contribution is -0.742. The van der Waals surface area contributed by atoms with E-state index in [0.29, 0.717) is 0 Å². The molecule has 0 radical (unpaired) electrons. The molecule has 0 aliphatic heterocycles. The summed E-state index contributed by atoms with van der Waals surface area (Å²) in [5.74, 6) is 0. The van der Waals surface area contributed by atoms with Gasteiger partial charge in [0.05, 0.1) is 0 Å². The van der Waals surface area contributed by atoms with Gasteiger partial charge in [-0.2, -0.15) is 0 Å². The van der Waals surface area contributed by atoms with Gasteiger partial charge in [0.2, 0.25) is 0 Å². The maximum atomic E-state index is 8.36. The first kappa shape index (κ1) is 43.3. The SMILES string of the molecule is CCCCCCCCCCCCC(N)(CCCCCCCCCCCC)CCCCCCCCCCCC.O=[N+]([O-])O. The van der Waals surface area contributed by atoms with Crippen LogP contribution in [0.5, 0.6) is 0 Å². The first-order valence-corrected chi connectivity index (χ1v) is 19.0. The number of hydrogen-bond donors (Lipinski definition) is 2. The van der Waals surface area contributed by atoms with Crippen LogP contribution >= 0.6 is 0 Å². The minimum atomic E-state index is -1.50. The highest BCUT2D eigenvalue weighted by molar-refractivity contribution is 4.84. The Hall–Kier alpha value is -0.840. The van der Waals surface area contributed by atoms with E-state index in [1.54, 1.807) is 0 Å². The molecule has 0 spiro atoms. The molecule has 0 atom stereocenters. The Balaban J connectivity index is 0. The second-order valence-corrected chi connectivity index (χ2v) is 13.4. The highest BCUT2D eigenvalue weighted by Crippen LogP contribution is 2.27. The van der Waals surface area contributed by atoms with Crippen molar-refractivity contribution in [1.29, 1.82) is 0 Å². The smallest absolute Gasteiger partial charge is 0.291 e. The third-order valence-electron chi connectivity index (χ3n) is 9.08. The van der Waals surface area contributed by atoms with E-state index in [-0.39, 0.29) is 5.54 Å². The van der Waals surface area contributed by atoms with E-state index >= 15 is 0 Å². The summed E-state index contributed by atoms with van der Waals surface area (Å²) in [7, 11) is 0. The average Bonchev–Trinajstić information content (AvgIpc) is 2.96. The molecular formula is C37H78N2O3. The van der Waals surface area contributed by atoms with Crippen molar-refractivity contribution in [2.45, 2.75) is 238 Å². The first-order valence-electron chi connectivity index (χ1n) is 19.0. The highest BCUT2D eigenvalue weighted by Gasteiger charge is 2.23. The molecule has 3 N–H and O–H groups in total. The summed E-state index contributed by atoms with van der Waals surface area (Å²) < 4.78 is 0. The fraction of sp³-hybridized carbons (Fsp3) is 1.00. The first-order chi connectivity index (χ1) is 20.4. The van der Waals surface area contributed by atoms with Gasteiger partial charge in [0.25, 0.3) is 5.09 Å². The second-order valence-electron chi connectivity index (χ2n) is 13.4. The van der Waals surface area contributed by atoms with Crippen LogP contribution < -0.4 is 5.73 Å². The predicted molar refractivity (Wildman–Crippen MR) is 185 cm³/mol. The van der Waals surface area contributed by atoms with E-state index in [1.165, 1.54) is 212 Å². The number of hydrogen-bond acceptors (Lipinski definition) is 3. The van der Waals surface area contributed by atoms with E-state index in [4.69, 9.17) is 21.1 Å². The van der Waals surface area contributed by atoms with Crippen molar-refractivity contribution in [3.63, 3.8) is 0 Å². The topological polar surface area (TPSA) is 89.4 Å². The lowest BCUT2D eigenvalue weighted by Crippen LogP contribution is -2.39. The van der Waals surface area contributed by atoms with Crippen LogP contribution in [0.3, 0.4) is 0 Å². The fourth-order valence-electron chi connectivity index (χ4n) is 6.27. The van der Waals surface area contributed by atoms with Crippen molar-refractivity contribution >= 4 is 0 Å². The van der Waals surface area contributed by atoms with Crippen molar-refractivity contribution in [2.24, 2.45) is 5.73 Å². The van der Waals surface area contributed by atoms with E-state index in [1.807, 2.05) is 0 Å². The molecule has 0 unspecified atom stereocenters. The number of unbranched alkanes of at least 4 members (excludes halogenated alkanes) is 27. The molecule has 0 saturated carbocycles. The maximum absolute atomic E-state index is 8.36. The van der Waals surface area contributed by atoms with Gasteiger partial charge in [0.1, 0.15) is 0 Å². The molecule has 0 aromatic rings. The average molecular weight is 599 g/mol. The van der Waals surface area contributed by atoms with Gasteiger partial charge in [-0.1, -0.05) is 213 Å². The van der Waals surface area contributed by atoms with Crippen LogP contribution in [-0.4, -0.2) is 15.8 Å². The van der Waals surface area contributed by atoms with E-state index in [0.717, 1.165) is 0 Å². The molecule has 0 saturated heterocycles. The zero-order valence-electron chi connectivity index (χ0n) is 29.1. The molecule has 0 aromatic carbocycles. The predicted octanol–water partition coefficient (Wildman–Crippen LogP) is 13.3. The normalized spacial score (nSPS) is 11.4. The molecule has 5 nitrogen and oxygen atoms in total. The van der Waals surface area contributed by atoms with Gasteiger partial charge in [-0.3, -0.25) is 0 Å². The van der Waals surface area contributed by atoms with Crippen LogP contribution in [0.2, 0.25) is 0 Å². The summed E-state index contributed by atoms with van der Waals surface area (Å²) in [5, 5.41) is 13.6. The molecule has 0 heterocycles. The second kappa shape index (κ2) is 36.4. The van der Waals surface area contributed by atoms with Crippen molar-refractivity contribution in [3.05, 3.63) is 10.1 Å². The van der Waals surface area contributed by atoms with Gasteiger partial charge in [0.15, 0.2) is 0 Å². The molecule has 0 aromatic heterocycles. The molecule has 0 fully saturated rings. The molecule has 0 amide bonds. The number of rotatable bonds is 33. The molecule has 254 valence electrons. The van der Waals surface area contributed by atoms with Gasteiger partial charge < -0.3 is 10.9 Å². The van der Waals surface area contributed by atoms with Gasteiger partial charge in [-0.05, 0) is 19.3 Å². The minimum absolute atomic E-state index is 0.125. The van der Waals surface area contributed by atoms with Crippen LogP contribution in [0.15, 0.2) is 0 Å². The van der Waals surface area contributed by atoms with Gasteiger partial charge in [-0.25, -0.2) is 0 Å². The molecule has 0 bridgehead atoms. The lowest BCUT2D eigenvalue weighted by Gasteiger charge is -2.30. The summed E-state index contributed by atoms with van der Waals surface area (Å²) in [6, 6.07) is 0. The van der Waals surface area contributed by atoms with E-state index in [2.05, 4.69) is 20.8 Å². The Kier molecular flexibility index (Phi) is 37.5. The fourth-order valence-corrected chi connectivity index (χ4v) is 6.27. The van der Waals surface area contributed by atoms with E-state index < -0.39 is 5.09 Å². The van der Waals surface area contributed by atoms with Crippen molar-refractivity contribution < 1.29 is 10.3 Å². The number of nitrogens with zero attached hydrogens (tertiary/aromatic N) is 1. The highest BCUT2D eigenvalue weighted by atomic mass is 16.9. The van der Waals surface area contributed by atoms with Gasteiger partial charge >= 0.3 is 0 Å². The Bertz CT molecular complexity index is 451. The third-order valence-corrected chi connectivity index (χ3v) is 9.08. The zero-order valence-corrected chi connectivity index (χ0v) is 29.1. The van der Waals surface area contributed by atoms with Gasteiger partial charge in [0, 0.05) is 5.54 Å². The van der Waals surface area contributed by atoms with Crippen LogP contribution in [0, 0.1) is 10.1 Å². The Morgan fingerprint density at radius 1 is 0.429 bits per heavy atom. The van der Waals surface area contributed by atoms with Crippen molar-refractivity contribution in [1.82, 2.24) is 0 Å². The minimum Gasteiger partial charge on any atom is -0.328 e. The maximum Gasteiger partial charge on any atom is 0.291 e. The van der Waals surface area contributed by atoms with Crippen LogP contribution in [-0.2, 0) is 0 Å². The Labute approximate surface area is 264 Å². The number of nitrogens with two attached hydrogens (primary N) is 1. The lowest BCUT2D eigenvalue weighted by atomic mass is 9.82. The van der Waals surface area contributed by atoms with Crippen LogP contribution in [0.25, 0.3) is 0 Å². The molecule has 0 aliphatic carbocycles. The monoisotopic (exact) mass is 599 g/mol. The third kappa shape index (κ3) is 39.2. The molecule has 42 heavy (non-hydrogen) atoms. The summed E-state index contributed by atoms with van der Waals surface area (Å²) in [4.78, 5) is 8.36. The van der Waals surface area contributed by atoms with Crippen LogP contribution in [0.4, 0.5) is 0 Å². The standard InChI is InChI=1S/C37H77N.HNO3/c1-4-7-10-13-16-19-22-25-28-31-34-37(38,35-32-29-26-23-20-17-14-11-8-5-2)36-33-30-27-24-21-18-15-12-9-6-3;2-1(3)4/h4-36,38H2,1-3H3;(H,2,3,4). The Morgan fingerprint density at radius 2 is 0.571 bits per heavy atom. The Morgan fingerprint density at radius 3 is 0.738 bits per heavy atom. The van der Waals surface area contributed by atoms with Gasteiger partial charge in [-0.15, -0.1) is 10.1 Å². The molecule has 0 rings (SSSR count). The zero-order chi connectivity index (χ0) is 31.4. The summed E-state index contributed by atoms with van der Waals surface area (Å²) in [6.45, 7) is 6.93. The summed E-state index contributed by atoms with van der Waals surface area (Å²) in [5.41, 5.74) is 7.25. The van der Waals surface area contributed by atoms with Crippen molar-refractivity contribution in [3.8, 4) is 0 Å². The summed E-state index contributed by atoms with van der Waals surface area (Å²) in [6.07, 6.45) is 46.6. The van der Waals surface area contributed by atoms with Crippen LogP contribution in [0.1, 0.15) is 233 Å². The molecule has 0 aliphatic rings. The molecule has 5 heteroatoms. The largest absolute Gasteiger partial charge is 0.328 e. The van der Waals surface area contributed by atoms with E-state index in [9.17, 15) is 0 Å².